The van der Waals surface area contributed by atoms with Gasteiger partial charge in [-0.05, 0) is 12.1 Å². The number of nitrogens with zero attached hydrogens (tertiary/aromatic N) is 3. The van der Waals surface area contributed by atoms with Crippen LogP contribution in [0.4, 0.5) is 5.69 Å². The molecule has 1 aromatic heterocycles. The van der Waals surface area contributed by atoms with Gasteiger partial charge in [0, 0.05) is 32.3 Å². The van der Waals surface area contributed by atoms with E-state index in [2.05, 4.69) is 4.98 Å². The number of anilines is 1. The largest absolute Gasteiger partial charge is 0.279 e. The zero-order valence-corrected chi connectivity index (χ0v) is 10.4. The van der Waals surface area contributed by atoms with Crippen LogP contribution in [0.2, 0.25) is 0 Å². The Balaban J connectivity index is 2.99. The van der Waals surface area contributed by atoms with Gasteiger partial charge in [0.05, 0.1) is 5.69 Å². The Labute approximate surface area is 101 Å². The highest BCUT2D eigenvalue weighted by atomic mass is 16.2. The highest BCUT2D eigenvalue weighted by Gasteiger charge is 2.23. The zero-order valence-electron chi connectivity index (χ0n) is 10.4. The van der Waals surface area contributed by atoms with Gasteiger partial charge >= 0.3 is 0 Å². The monoisotopic (exact) mass is 235 g/mol. The summed E-state index contributed by atoms with van der Waals surface area (Å²) in [6, 6.07) is 3.50. The van der Waals surface area contributed by atoms with Gasteiger partial charge in [-0.2, -0.15) is 5.01 Å². The lowest BCUT2D eigenvalue weighted by atomic mass is 10.3. The maximum Gasteiger partial charge on any atom is 0.248 e. The van der Waals surface area contributed by atoms with Crippen LogP contribution >= 0.6 is 0 Å². The Hall–Kier alpha value is -1.91. The maximum absolute atomic E-state index is 11.8. The lowest BCUT2D eigenvalue weighted by Crippen LogP contribution is -2.48. The maximum atomic E-state index is 11.8. The van der Waals surface area contributed by atoms with E-state index in [1.54, 1.807) is 50.4 Å². The molecule has 1 rings (SSSR count). The molecule has 0 radical (unpaired) electrons. The Kier molecular flexibility index (Phi) is 4.63. The lowest BCUT2D eigenvalue weighted by Gasteiger charge is -2.31. The summed E-state index contributed by atoms with van der Waals surface area (Å²) in [4.78, 5) is 27.5. The molecule has 2 amide bonds. The van der Waals surface area contributed by atoms with Crippen LogP contribution in [-0.4, -0.2) is 28.9 Å². The Morgan fingerprint density at radius 2 is 1.59 bits per heavy atom. The van der Waals surface area contributed by atoms with Crippen LogP contribution in [0.1, 0.15) is 26.7 Å². The van der Waals surface area contributed by atoms with Crippen molar-refractivity contribution in [2.75, 3.05) is 12.1 Å². The molecule has 0 fully saturated rings. The number of amides is 2. The van der Waals surface area contributed by atoms with Gasteiger partial charge in [0.25, 0.3) is 0 Å². The van der Waals surface area contributed by atoms with E-state index in [1.807, 2.05) is 0 Å². The predicted molar refractivity (Wildman–Crippen MR) is 65.1 cm³/mol. The van der Waals surface area contributed by atoms with Gasteiger partial charge in [-0.3, -0.25) is 19.6 Å². The number of aromatic nitrogens is 1. The molecule has 5 nitrogen and oxygen atoms in total. The van der Waals surface area contributed by atoms with Crippen molar-refractivity contribution in [1.29, 1.82) is 0 Å². The first-order valence-electron chi connectivity index (χ1n) is 5.61. The molecule has 0 aliphatic rings. The molecule has 1 heterocycles. The van der Waals surface area contributed by atoms with E-state index >= 15 is 0 Å². The van der Waals surface area contributed by atoms with E-state index in [1.165, 1.54) is 5.01 Å². The molecule has 0 aromatic carbocycles. The van der Waals surface area contributed by atoms with Crippen LogP contribution in [0.15, 0.2) is 24.5 Å². The number of hydrazine groups is 1. The third-order valence-corrected chi connectivity index (χ3v) is 2.41. The summed E-state index contributed by atoms with van der Waals surface area (Å²) >= 11 is 0. The second-order valence-corrected chi connectivity index (χ2v) is 3.54. The lowest BCUT2D eigenvalue weighted by molar-refractivity contribution is -0.145. The molecule has 5 heteroatoms. The van der Waals surface area contributed by atoms with Crippen molar-refractivity contribution in [3.63, 3.8) is 0 Å². The Morgan fingerprint density at radius 3 is 2.00 bits per heavy atom. The summed E-state index contributed by atoms with van der Waals surface area (Å²) in [5.74, 6) is -0.424. The molecule has 0 unspecified atom stereocenters. The number of carbonyl (C=O) groups excluding carboxylic acids is 2. The molecule has 0 saturated carbocycles. The average Bonchev–Trinajstić information content (AvgIpc) is 2.39. The quantitative estimate of drug-likeness (QED) is 0.744. The van der Waals surface area contributed by atoms with Gasteiger partial charge in [-0.25, -0.2) is 0 Å². The van der Waals surface area contributed by atoms with E-state index < -0.39 is 0 Å². The van der Waals surface area contributed by atoms with Crippen LogP contribution in [-0.2, 0) is 9.59 Å². The van der Waals surface area contributed by atoms with Gasteiger partial charge in [-0.15, -0.1) is 0 Å². The van der Waals surface area contributed by atoms with Crippen LogP contribution in [0.5, 0.6) is 0 Å². The first-order chi connectivity index (χ1) is 8.11. The van der Waals surface area contributed by atoms with E-state index in [-0.39, 0.29) is 11.8 Å². The third-order valence-electron chi connectivity index (χ3n) is 2.41. The highest BCUT2D eigenvalue weighted by Crippen LogP contribution is 2.14. The van der Waals surface area contributed by atoms with Crippen LogP contribution < -0.4 is 5.01 Å². The second-order valence-electron chi connectivity index (χ2n) is 3.54. The van der Waals surface area contributed by atoms with Gasteiger partial charge in [0.2, 0.25) is 11.8 Å². The van der Waals surface area contributed by atoms with Crippen LogP contribution in [0, 0.1) is 0 Å². The minimum absolute atomic E-state index is 0.212. The van der Waals surface area contributed by atoms with Crippen molar-refractivity contribution in [2.45, 2.75) is 26.7 Å². The van der Waals surface area contributed by atoms with Gasteiger partial charge < -0.3 is 0 Å². The normalized spacial score (nSPS) is 9.82. The summed E-state index contributed by atoms with van der Waals surface area (Å²) < 4.78 is 0. The minimum atomic E-state index is -0.212. The SMILES string of the molecule is CCC(=O)N(C(=O)CC)N(C)c1ccncc1. The second kappa shape index (κ2) is 5.98. The first kappa shape index (κ1) is 13.2. The molecule has 0 aliphatic carbocycles. The molecular weight excluding hydrogens is 218 g/mol. The van der Waals surface area contributed by atoms with Crippen molar-refractivity contribution >= 4 is 17.5 Å². The molecule has 0 N–H and O–H groups in total. The molecule has 92 valence electrons. The summed E-state index contributed by atoms with van der Waals surface area (Å²) in [5.41, 5.74) is 0.753. The topological polar surface area (TPSA) is 53.5 Å². The standard InChI is InChI=1S/C12H17N3O2/c1-4-11(16)15(12(17)5-2)14(3)10-6-8-13-9-7-10/h6-9H,4-5H2,1-3H3. The number of pyridine rings is 1. The summed E-state index contributed by atoms with van der Waals surface area (Å²) in [6.45, 7) is 3.47. The summed E-state index contributed by atoms with van der Waals surface area (Å²) in [5, 5.41) is 2.73. The van der Waals surface area contributed by atoms with E-state index in [4.69, 9.17) is 0 Å². The molecule has 0 spiro atoms. The van der Waals surface area contributed by atoms with Gasteiger partial charge in [0.15, 0.2) is 0 Å². The van der Waals surface area contributed by atoms with Crippen molar-refractivity contribution < 1.29 is 9.59 Å². The van der Waals surface area contributed by atoms with Crippen molar-refractivity contribution in [3.05, 3.63) is 24.5 Å². The van der Waals surface area contributed by atoms with Crippen molar-refractivity contribution in [2.24, 2.45) is 0 Å². The molecule has 0 bridgehead atoms. The van der Waals surface area contributed by atoms with E-state index in [0.717, 1.165) is 5.69 Å². The highest BCUT2D eigenvalue weighted by molar-refractivity contribution is 5.96. The van der Waals surface area contributed by atoms with E-state index in [9.17, 15) is 9.59 Å². The fourth-order valence-corrected chi connectivity index (χ4v) is 1.45. The average molecular weight is 235 g/mol. The number of carbonyl (C=O) groups is 2. The molecule has 0 aliphatic heterocycles. The molecule has 0 atom stereocenters. The Bertz CT molecular complexity index is 376. The van der Waals surface area contributed by atoms with Crippen molar-refractivity contribution in [1.82, 2.24) is 9.99 Å². The number of rotatable bonds is 4. The van der Waals surface area contributed by atoms with E-state index in [0.29, 0.717) is 12.8 Å². The fourth-order valence-electron chi connectivity index (χ4n) is 1.45. The first-order valence-corrected chi connectivity index (χ1v) is 5.61. The Morgan fingerprint density at radius 1 is 1.12 bits per heavy atom. The van der Waals surface area contributed by atoms with Crippen LogP contribution in [0.3, 0.4) is 0 Å². The number of imide groups is 1. The predicted octanol–water partition coefficient (Wildman–Crippen LogP) is 1.61. The number of hydrogen-bond donors (Lipinski definition) is 0. The smallest absolute Gasteiger partial charge is 0.248 e. The van der Waals surface area contributed by atoms with Crippen molar-refractivity contribution in [3.8, 4) is 0 Å². The molecule has 0 saturated heterocycles. The molecule has 17 heavy (non-hydrogen) atoms. The summed E-state index contributed by atoms with van der Waals surface area (Å²) in [7, 11) is 1.69. The zero-order chi connectivity index (χ0) is 12.8. The van der Waals surface area contributed by atoms with Gasteiger partial charge in [-0.1, -0.05) is 13.8 Å². The fraction of sp³-hybridized carbons (Fsp3) is 0.417. The van der Waals surface area contributed by atoms with Gasteiger partial charge in [0.1, 0.15) is 0 Å². The molecular formula is C12H17N3O2. The van der Waals surface area contributed by atoms with Crippen LogP contribution in [0.25, 0.3) is 0 Å². The summed E-state index contributed by atoms with van der Waals surface area (Å²) in [6.07, 6.45) is 3.83. The third kappa shape index (κ3) is 3.03. The molecule has 1 aromatic rings. The number of hydrogen-bond acceptors (Lipinski definition) is 4. The minimum Gasteiger partial charge on any atom is -0.279 e.